The van der Waals surface area contributed by atoms with Crippen LogP contribution in [0.3, 0.4) is 0 Å². The smallest absolute Gasteiger partial charge is 0.257 e. The molecule has 2 aromatic rings. The molecule has 3 rings (SSSR count). The van der Waals surface area contributed by atoms with Crippen LogP contribution in [0, 0.1) is 3.70 Å². The molecule has 19 heavy (non-hydrogen) atoms. The molecule has 1 saturated heterocycles. The number of carbonyl (C=O) groups excluding carboxylic acids is 1. The van der Waals surface area contributed by atoms with E-state index in [2.05, 4.69) is 43.5 Å². The molecule has 0 saturated carbocycles. The van der Waals surface area contributed by atoms with E-state index in [1.165, 1.54) is 0 Å². The van der Waals surface area contributed by atoms with Crippen molar-refractivity contribution in [1.29, 1.82) is 0 Å². The first-order valence-electron chi connectivity index (χ1n) is 6.00. The van der Waals surface area contributed by atoms with Crippen LogP contribution in [0.5, 0.6) is 0 Å². The number of aromatic amines is 1. The number of hydrogen-bond acceptors (Lipinski definition) is 2. The first kappa shape index (κ1) is 13.4. The highest BCUT2D eigenvalue weighted by molar-refractivity contribution is 14.1. The van der Waals surface area contributed by atoms with Crippen molar-refractivity contribution in [1.82, 2.24) is 9.88 Å². The summed E-state index contributed by atoms with van der Waals surface area (Å²) in [5, 5.41) is 0.976. The van der Waals surface area contributed by atoms with Crippen LogP contribution in [0.4, 0.5) is 0 Å². The second kappa shape index (κ2) is 5.41. The highest BCUT2D eigenvalue weighted by atomic mass is 127. The molecule has 100 valence electrons. The van der Waals surface area contributed by atoms with Gasteiger partial charge in [-0.1, -0.05) is 22.0 Å². The molecule has 1 aromatic heterocycles. The minimum atomic E-state index is 0.0845. The van der Waals surface area contributed by atoms with E-state index in [-0.39, 0.29) is 5.91 Å². The van der Waals surface area contributed by atoms with E-state index in [4.69, 9.17) is 4.74 Å². The Morgan fingerprint density at radius 3 is 2.84 bits per heavy atom. The fourth-order valence-corrected chi connectivity index (χ4v) is 3.44. The number of carbonyl (C=O) groups is 1. The van der Waals surface area contributed by atoms with Gasteiger partial charge >= 0.3 is 0 Å². The zero-order chi connectivity index (χ0) is 13.4. The molecular weight excluding hydrogens is 423 g/mol. The van der Waals surface area contributed by atoms with Crippen LogP contribution >= 0.6 is 38.5 Å². The van der Waals surface area contributed by atoms with E-state index in [0.717, 1.165) is 24.6 Å². The molecule has 0 spiro atoms. The lowest BCUT2D eigenvalue weighted by molar-refractivity contribution is 0.0303. The number of fused-ring (bicyclic) bond motifs is 1. The Bertz CT molecular complexity index is 635. The molecule has 6 heteroatoms. The minimum Gasteiger partial charge on any atom is -0.378 e. The Morgan fingerprint density at radius 2 is 2.11 bits per heavy atom. The van der Waals surface area contributed by atoms with Crippen LogP contribution in [-0.4, -0.2) is 42.1 Å². The van der Waals surface area contributed by atoms with Crippen LogP contribution in [0.2, 0.25) is 0 Å². The van der Waals surface area contributed by atoms with Crippen molar-refractivity contribution >= 4 is 55.3 Å². The zero-order valence-electron chi connectivity index (χ0n) is 10.1. The predicted molar refractivity (Wildman–Crippen MR) is 85.4 cm³/mol. The van der Waals surface area contributed by atoms with Gasteiger partial charge in [0.1, 0.15) is 0 Å². The van der Waals surface area contributed by atoms with Gasteiger partial charge in [-0.25, -0.2) is 0 Å². The standard InChI is InChI=1S/C13H12BrIN2O2/c14-8-1-2-9-10(7-8)16-12(15)11(9)13(18)17-3-5-19-6-4-17/h1-2,7,16H,3-6H2. The molecule has 2 heterocycles. The number of nitrogens with one attached hydrogen (secondary N) is 1. The first-order valence-corrected chi connectivity index (χ1v) is 7.88. The Labute approximate surface area is 132 Å². The normalized spacial score (nSPS) is 16.0. The number of rotatable bonds is 1. The number of nitrogens with zero attached hydrogens (tertiary/aromatic N) is 1. The minimum absolute atomic E-state index is 0.0845. The molecule has 0 radical (unpaired) electrons. The number of benzene rings is 1. The highest BCUT2D eigenvalue weighted by Crippen LogP contribution is 2.27. The van der Waals surface area contributed by atoms with Gasteiger partial charge in [0, 0.05) is 28.5 Å². The summed E-state index contributed by atoms with van der Waals surface area (Å²) in [5.41, 5.74) is 1.75. The molecule has 1 aliphatic heterocycles. The topological polar surface area (TPSA) is 45.3 Å². The molecule has 4 nitrogen and oxygen atoms in total. The Hall–Kier alpha value is -0.600. The van der Waals surface area contributed by atoms with E-state index in [0.29, 0.717) is 26.3 Å². The number of amides is 1. The third-order valence-corrected chi connectivity index (χ3v) is 4.53. The van der Waals surface area contributed by atoms with E-state index >= 15 is 0 Å². The highest BCUT2D eigenvalue weighted by Gasteiger charge is 2.24. The maximum absolute atomic E-state index is 12.6. The van der Waals surface area contributed by atoms with Crippen LogP contribution in [0.1, 0.15) is 10.4 Å². The molecule has 1 fully saturated rings. The van der Waals surface area contributed by atoms with Crippen LogP contribution < -0.4 is 0 Å². The summed E-state index contributed by atoms with van der Waals surface area (Å²) >= 11 is 5.63. The average Bonchev–Trinajstić information content (AvgIpc) is 2.74. The number of morpholine rings is 1. The molecule has 1 aliphatic rings. The molecule has 1 N–H and O–H groups in total. The van der Waals surface area contributed by atoms with Crippen molar-refractivity contribution in [2.45, 2.75) is 0 Å². The third-order valence-electron chi connectivity index (χ3n) is 3.23. The molecule has 0 aliphatic carbocycles. The van der Waals surface area contributed by atoms with Crippen molar-refractivity contribution < 1.29 is 9.53 Å². The van der Waals surface area contributed by atoms with Gasteiger partial charge in [0.2, 0.25) is 0 Å². The summed E-state index contributed by atoms with van der Waals surface area (Å²) in [6, 6.07) is 5.93. The Balaban J connectivity index is 2.03. The summed E-state index contributed by atoms with van der Waals surface area (Å²) in [4.78, 5) is 17.7. The lowest BCUT2D eigenvalue weighted by Gasteiger charge is -2.26. The van der Waals surface area contributed by atoms with Gasteiger partial charge in [0.25, 0.3) is 5.91 Å². The lowest BCUT2D eigenvalue weighted by atomic mass is 10.1. The van der Waals surface area contributed by atoms with Crippen LogP contribution in [-0.2, 0) is 4.74 Å². The first-order chi connectivity index (χ1) is 9.16. The van der Waals surface area contributed by atoms with E-state index in [1.807, 2.05) is 23.1 Å². The van der Waals surface area contributed by atoms with Gasteiger partial charge in [0.05, 0.1) is 22.5 Å². The van der Waals surface area contributed by atoms with Gasteiger partial charge in [-0.3, -0.25) is 4.79 Å². The number of aromatic nitrogens is 1. The van der Waals surface area contributed by atoms with Gasteiger partial charge in [-0.15, -0.1) is 0 Å². The maximum atomic E-state index is 12.6. The second-order valence-corrected chi connectivity index (χ2v) is 6.40. The van der Waals surface area contributed by atoms with Crippen molar-refractivity contribution in [3.05, 3.63) is 31.9 Å². The molecular formula is C13H12BrIN2O2. The van der Waals surface area contributed by atoms with Gasteiger partial charge in [0.15, 0.2) is 0 Å². The summed E-state index contributed by atoms with van der Waals surface area (Å²) in [7, 11) is 0. The van der Waals surface area contributed by atoms with Crippen LogP contribution in [0.25, 0.3) is 10.9 Å². The van der Waals surface area contributed by atoms with Crippen molar-refractivity contribution in [2.24, 2.45) is 0 Å². The fraction of sp³-hybridized carbons (Fsp3) is 0.308. The van der Waals surface area contributed by atoms with Gasteiger partial charge in [-0.2, -0.15) is 0 Å². The molecule has 1 amide bonds. The molecule has 0 atom stereocenters. The molecule has 1 aromatic carbocycles. The van der Waals surface area contributed by atoms with Crippen LogP contribution in [0.15, 0.2) is 22.7 Å². The summed E-state index contributed by atoms with van der Waals surface area (Å²) in [6.45, 7) is 2.57. The number of ether oxygens (including phenoxy) is 1. The van der Waals surface area contributed by atoms with E-state index in [9.17, 15) is 4.79 Å². The lowest BCUT2D eigenvalue weighted by Crippen LogP contribution is -2.40. The van der Waals surface area contributed by atoms with E-state index < -0.39 is 0 Å². The quantitative estimate of drug-likeness (QED) is 0.701. The van der Waals surface area contributed by atoms with Gasteiger partial charge in [-0.05, 0) is 34.7 Å². The average molecular weight is 435 g/mol. The summed E-state index contributed by atoms with van der Waals surface area (Å²) in [5.74, 6) is 0.0845. The molecule has 0 unspecified atom stereocenters. The van der Waals surface area contributed by atoms with Crippen molar-refractivity contribution in [2.75, 3.05) is 26.3 Å². The predicted octanol–water partition coefficient (Wildman–Crippen LogP) is 3.01. The number of H-pyrrole nitrogens is 1. The zero-order valence-corrected chi connectivity index (χ0v) is 13.8. The summed E-state index contributed by atoms with van der Waals surface area (Å²) < 4.78 is 7.18. The second-order valence-electron chi connectivity index (χ2n) is 4.41. The van der Waals surface area contributed by atoms with E-state index in [1.54, 1.807) is 0 Å². The maximum Gasteiger partial charge on any atom is 0.257 e. The Morgan fingerprint density at radius 1 is 1.37 bits per heavy atom. The number of hydrogen-bond donors (Lipinski definition) is 1. The Kier molecular flexibility index (Phi) is 3.81. The van der Waals surface area contributed by atoms with Crippen molar-refractivity contribution in [3.8, 4) is 0 Å². The summed E-state index contributed by atoms with van der Waals surface area (Å²) in [6.07, 6.45) is 0. The third kappa shape index (κ3) is 2.53. The van der Waals surface area contributed by atoms with Gasteiger partial charge < -0.3 is 14.6 Å². The SMILES string of the molecule is O=C(c1c(I)[nH]c2cc(Br)ccc12)N1CCOCC1. The fourth-order valence-electron chi connectivity index (χ4n) is 2.27. The monoisotopic (exact) mass is 434 g/mol. The number of halogens is 2. The van der Waals surface area contributed by atoms with Crippen molar-refractivity contribution in [3.63, 3.8) is 0 Å². The molecule has 0 bridgehead atoms. The largest absolute Gasteiger partial charge is 0.378 e.